The Balaban J connectivity index is 2.06. The fraction of sp³-hybridized carbons (Fsp3) is 0.769. The van der Waals surface area contributed by atoms with Crippen LogP contribution >= 0.6 is 0 Å². The quantitative estimate of drug-likeness (QED) is 0.525. The van der Waals surface area contributed by atoms with Crippen molar-refractivity contribution in [2.75, 3.05) is 20.1 Å². The van der Waals surface area contributed by atoms with Gasteiger partial charge in [-0.15, -0.1) is 0 Å². The largest absolute Gasteiger partial charge is 0.481 e. The van der Waals surface area contributed by atoms with Crippen molar-refractivity contribution in [3.63, 3.8) is 0 Å². The summed E-state index contributed by atoms with van der Waals surface area (Å²) in [6, 6.07) is -0.498. The molecule has 1 saturated carbocycles. The fourth-order valence-corrected chi connectivity index (χ4v) is 2.37. The maximum absolute atomic E-state index is 11.3. The van der Waals surface area contributed by atoms with E-state index in [9.17, 15) is 14.4 Å². The van der Waals surface area contributed by atoms with Gasteiger partial charge in [0, 0.05) is 20.0 Å². The van der Waals surface area contributed by atoms with E-state index >= 15 is 0 Å². The summed E-state index contributed by atoms with van der Waals surface area (Å²) in [6.07, 6.45) is 3.54. The third kappa shape index (κ3) is 6.01. The van der Waals surface area contributed by atoms with Gasteiger partial charge < -0.3 is 15.7 Å². The van der Waals surface area contributed by atoms with E-state index in [1.54, 1.807) is 0 Å². The van der Waals surface area contributed by atoms with E-state index in [1.807, 2.05) is 0 Å². The van der Waals surface area contributed by atoms with Crippen LogP contribution in [-0.2, 0) is 9.59 Å². The zero-order chi connectivity index (χ0) is 15.0. The predicted molar refractivity (Wildman–Crippen MR) is 73.2 cm³/mol. The van der Waals surface area contributed by atoms with Crippen molar-refractivity contribution in [2.24, 2.45) is 11.8 Å². The molecule has 0 aromatic rings. The first-order valence-corrected chi connectivity index (χ1v) is 6.98. The summed E-state index contributed by atoms with van der Waals surface area (Å²) in [6.45, 7) is 1.31. The maximum Gasteiger partial charge on any atom is 0.321 e. The number of aliphatic carboxylic acids is 1. The minimum atomic E-state index is -0.692. The molecular formula is C13H23N3O4. The molecule has 0 heterocycles. The van der Waals surface area contributed by atoms with Gasteiger partial charge in [0.15, 0.2) is 0 Å². The highest BCUT2D eigenvalue weighted by Gasteiger charge is 2.25. The third-order valence-corrected chi connectivity index (χ3v) is 3.64. The number of hydrogen-bond donors (Lipinski definition) is 4. The van der Waals surface area contributed by atoms with Gasteiger partial charge in [-0.2, -0.15) is 0 Å². The van der Waals surface area contributed by atoms with Crippen LogP contribution in [0.2, 0.25) is 0 Å². The molecule has 0 aromatic heterocycles. The summed E-state index contributed by atoms with van der Waals surface area (Å²) in [5, 5.41) is 16.6. The van der Waals surface area contributed by atoms with Crippen LogP contribution in [0.5, 0.6) is 0 Å². The Kier molecular flexibility index (Phi) is 7.00. The molecule has 0 aromatic carbocycles. The van der Waals surface area contributed by atoms with Crippen LogP contribution in [0.1, 0.15) is 32.1 Å². The molecule has 1 fully saturated rings. The molecular weight excluding hydrogens is 262 g/mol. The van der Waals surface area contributed by atoms with Crippen molar-refractivity contribution in [3.8, 4) is 0 Å². The molecule has 4 N–H and O–H groups in total. The fourth-order valence-electron chi connectivity index (χ4n) is 2.37. The maximum atomic E-state index is 11.3. The number of carbonyl (C=O) groups excluding carboxylic acids is 2. The van der Waals surface area contributed by atoms with Crippen molar-refractivity contribution in [1.29, 1.82) is 0 Å². The highest BCUT2D eigenvalue weighted by molar-refractivity contribution is 5.94. The molecule has 0 atom stereocenters. The van der Waals surface area contributed by atoms with E-state index in [-0.39, 0.29) is 18.2 Å². The molecule has 114 valence electrons. The first-order chi connectivity index (χ1) is 9.52. The average molecular weight is 285 g/mol. The topological polar surface area (TPSA) is 108 Å². The van der Waals surface area contributed by atoms with Crippen LogP contribution in [0, 0.1) is 11.8 Å². The van der Waals surface area contributed by atoms with Crippen molar-refractivity contribution in [3.05, 3.63) is 0 Å². The summed E-state index contributed by atoms with van der Waals surface area (Å²) >= 11 is 0. The van der Waals surface area contributed by atoms with Gasteiger partial charge in [0.1, 0.15) is 0 Å². The molecule has 0 unspecified atom stereocenters. The lowest BCUT2D eigenvalue weighted by Gasteiger charge is -2.26. The van der Waals surface area contributed by atoms with E-state index < -0.39 is 12.0 Å². The average Bonchev–Trinajstić information content (AvgIpc) is 2.44. The lowest BCUT2D eigenvalue weighted by Crippen LogP contribution is -2.39. The Morgan fingerprint density at radius 2 is 1.80 bits per heavy atom. The lowest BCUT2D eigenvalue weighted by molar-refractivity contribution is -0.143. The van der Waals surface area contributed by atoms with Crippen LogP contribution in [0.4, 0.5) is 4.79 Å². The van der Waals surface area contributed by atoms with Crippen molar-refractivity contribution < 1.29 is 19.5 Å². The van der Waals surface area contributed by atoms with Crippen LogP contribution < -0.4 is 16.0 Å². The first-order valence-electron chi connectivity index (χ1n) is 6.98. The smallest absolute Gasteiger partial charge is 0.321 e. The molecule has 7 heteroatoms. The van der Waals surface area contributed by atoms with Crippen molar-refractivity contribution in [1.82, 2.24) is 16.0 Å². The Bertz CT molecular complexity index is 352. The number of urea groups is 1. The molecule has 7 nitrogen and oxygen atoms in total. The van der Waals surface area contributed by atoms with E-state index in [2.05, 4.69) is 16.0 Å². The summed E-state index contributed by atoms with van der Waals surface area (Å²) in [7, 11) is 1.45. The second-order valence-electron chi connectivity index (χ2n) is 5.14. The van der Waals surface area contributed by atoms with Crippen LogP contribution in [0.3, 0.4) is 0 Å². The second-order valence-corrected chi connectivity index (χ2v) is 5.14. The minimum Gasteiger partial charge on any atom is -0.481 e. The zero-order valence-corrected chi connectivity index (χ0v) is 11.8. The van der Waals surface area contributed by atoms with Crippen LogP contribution in [-0.4, -0.2) is 43.2 Å². The molecule has 3 amide bonds. The normalized spacial score (nSPS) is 22.1. The summed E-state index contributed by atoms with van der Waals surface area (Å²) in [5.74, 6) is -0.717. The van der Waals surface area contributed by atoms with Gasteiger partial charge in [-0.1, -0.05) is 0 Å². The summed E-state index contributed by atoms with van der Waals surface area (Å²) < 4.78 is 0. The number of carboxylic acids is 1. The first kappa shape index (κ1) is 16.4. The highest BCUT2D eigenvalue weighted by atomic mass is 16.4. The Labute approximate surface area is 118 Å². The molecule has 1 rings (SSSR count). The molecule has 20 heavy (non-hydrogen) atoms. The number of carbonyl (C=O) groups is 3. The number of rotatable bonds is 6. The zero-order valence-electron chi connectivity index (χ0n) is 11.8. The monoisotopic (exact) mass is 285 g/mol. The van der Waals surface area contributed by atoms with Gasteiger partial charge in [0.05, 0.1) is 5.92 Å². The Hall–Kier alpha value is -1.63. The van der Waals surface area contributed by atoms with Crippen molar-refractivity contribution in [2.45, 2.75) is 32.1 Å². The SMILES string of the molecule is CNC(=O)NC(=O)CCNCC1CCC(C(=O)O)CC1. The summed E-state index contributed by atoms with van der Waals surface area (Å²) in [5.41, 5.74) is 0. The number of amides is 3. The molecule has 0 saturated heterocycles. The van der Waals surface area contributed by atoms with Crippen LogP contribution in [0.15, 0.2) is 0 Å². The van der Waals surface area contributed by atoms with E-state index in [0.29, 0.717) is 12.5 Å². The van der Waals surface area contributed by atoms with Crippen LogP contribution in [0.25, 0.3) is 0 Å². The number of imide groups is 1. The lowest BCUT2D eigenvalue weighted by atomic mass is 9.82. The standard InChI is InChI=1S/C13H23N3O4/c1-14-13(20)16-11(17)6-7-15-8-9-2-4-10(5-3-9)12(18)19/h9-10,15H,2-8H2,1H3,(H,18,19)(H2,14,16,17,20). The molecule has 0 spiro atoms. The van der Waals surface area contributed by atoms with Crippen molar-refractivity contribution >= 4 is 17.9 Å². The van der Waals surface area contributed by atoms with Gasteiger partial charge in [0.25, 0.3) is 0 Å². The van der Waals surface area contributed by atoms with Gasteiger partial charge in [-0.25, -0.2) is 4.79 Å². The number of nitrogens with one attached hydrogen (secondary N) is 3. The predicted octanol–water partition coefficient (Wildman–Crippen LogP) is 0.313. The van der Waals surface area contributed by atoms with E-state index in [0.717, 1.165) is 32.2 Å². The Morgan fingerprint density at radius 3 is 2.35 bits per heavy atom. The van der Waals surface area contributed by atoms with Gasteiger partial charge in [-0.3, -0.25) is 14.9 Å². The molecule has 0 bridgehead atoms. The van der Waals surface area contributed by atoms with Gasteiger partial charge >= 0.3 is 12.0 Å². The molecule has 0 radical (unpaired) electrons. The van der Waals surface area contributed by atoms with E-state index in [4.69, 9.17) is 5.11 Å². The highest BCUT2D eigenvalue weighted by Crippen LogP contribution is 2.28. The molecule has 0 aliphatic heterocycles. The molecule has 1 aliphatic rings. The number of hydrogen-bond acceptors (Lipinski definition) is 4. The molecule has 1 aliphatic carbocycles. The van der Waals surface area contributed by atoms with Gasteiger partial charge in [-0.05, 0) is 38.1 Å². The third-order valence-electron chi connectivity index (χ3n) is 3.64. The van der Waals surface area contributed by atoms with Gasteiger partial charge in [0.2, 0.25) is 5.91 Å². The number of carboxylic acid groups (broad SMARTS) is 1. The second kappa shape index (κ2) is 8.52. The summed E-state index contributed by atoms with van der Waals surface area (Å²) in [4.78, 5) is 33.0. The Morgan fingerprint density at radius 1 is 1.15 bits per heavy atom. The van der Waals surface area contributed by atoms with E-state index in [1.165, 1.54) is 7.05 Å². The minimum absolute atomic E-state index is 0.190.